The number of aldehydes is 1. The van der Waals surface area contributed by atoms with E-state index in [9.17, 15) is 18.0 Å². The molecule has 1 aliphatic heterocycles. The van der Waals surface area contributed by atoms with Crippen LogP contribution >= 0.6 is 11.8 Å². The van der Waals surface area contributed by atoms with E-state index in [1.54, 1.807) is 11.8 Å². The van der Waals surface area contributed by atoms with Crippen LogP contribution in [0.3, 0.4) is 0 Å². The van der Waals surface area contributed by atoms with Gasteiger partial charge >= 0.3 is 6.18 Å². The average Bonchev–Trinajstić information content (AvgIpc) is 2.03. The third-order valence-electron chi connectivity index (χ3n) is 2.29. The van der Waals surface area contributed by atoms with Crippen LogP contribution in [-0.2, 0) is 4.79 Å². The fourth-order valence-electron chi connectivity index (χ4n) is 1.51. The minimum absolute atomic E-state index is 0.362. The first-order chi connectivity index (χ1) is 5.97. The van der Waals surface area contributed by atoms with Gasteiger partial charge in [0.25, 0.3) is 0 Å². The summed E-state index contributed by atoms with van der Waals surface area (Å²) in [5.41, 5.74) is -1.12. The maximum absolute atomic E-state index is 12.1. The zero-order valence-electron chi connectivity index (χ0n) is 7.06. The Morgan fingerprint density at radius 2 is 1.85 bits per heavy atom. The molecule has 1 fully saturated rings. The van der Waals surface area contributed by atoms with E-state index in [4.69, 9.17) is 0 Å². The molecule has 76 valence electrons. The summed E-state index contributed by atoms with van der Waals surface area (Å²) in [5, 5.41) is 0. The molecule has 1 aliphatic rings. The maximum Gasteiger partial charge on any atom is 0.390 e. The fraction of sp³-hybridized carbons (Fsp3) is 0.875. The van der Waals surface area contributed by atoms with Gasteiger partial charge in [-0.1, -0.05) is 0 Å². The van der Waals surface area contributed by atoms with Gasteiger partial charge < -0.3 is 4.79 Å². The van der Waals surface area contributed by atoms with E-state index < -0.39 is 18.0 Å². The number of rotatable bonds is 2. The first-order valence-electron chi connectivity index (χ1n) is 4.08. The van der Waals surface area contributed by atoms with Crippen molar-refractivity contribution in [3.63, 3.8) is 0 Å². The van der Waals surface area contributed by atoms with Crippen molar-refractivity contribution in [3.8, 4) is 0 Å². The normalized spacial score (nSPS) is 22.7. The van der Waals surface area contributed by atoms with E-state index >= 15 is 0 Å². The molecule has 0 atom stereocenters. The lowest BCUT2D eigenvalue weighted by Crippen LogP contribution is -2.33. The Hall–Kier alpha value is -0.190. The third kappa shape index (κ3) is 3.21. The SMILES string of the molecule is O=CC1(CC(F)(F)F)CCSCC1. The molecule has 0 spiro atoms. The minimum Gasteiger partial charge on any atom is -0.303 e. The summed E-state index contributed by atoms with van der Waals surface area (Å²) in [6.07, 6.45) is -3.95. The number of carbonyl (C=O) groups excluding carboxylic acids is 1. The van der Waals surface area contributed by atoms with Gasteiger partial charge in [-0.15, -0.1) is 0 Å². The average molecular weight is 212 g/mol. The van der Waals surface area contributed by atoms with Gasteiger partial charge in [-0.2, -0.15) is 24.9 Å². The van der Waals surface area contributed by atoms with Crippen molar-refractivity contribution < 1.29 is 18.0 Å². The molecular formula is C8H11F3OS. The van der Waals surface area contributed by atoms with Crippen molar-refractivity contribution in [1.82, 2.24) is 0 Å². The second kappa shape index (κ2) is 3.90. The van der Waals surface area contributed by atoms with Crippen molar-refractivity contribution in [2.45, 2.75) is 25.4 Å². The Bertz CT molecular complexity index is 184. The summed E-state index contributed by atoms with van der Waals surface area (Å²) < 4.78 is 36.3. The Kier molecular flexibility index (Phi) is 3.27. The standard InChI is InChI=1S/C8H11F3OS/c9-8(10,11)5-7(6-12)1-3-13-4-2-7/h6H,1-5H2. The lowest BCUT2D eigenvalue weighted by Gasteiger charge is -2.32. The van der Waals surface area contributed by atoms with Gasteiger partial charge in [0.1, 0.15) is 6.29 Å². The monoisotopic (exact) mass is 212 g/mol. The number of halogens is 3. The lowest BCUT2D eigenvalue weighted by molar-refractivity contribution is -0.163. The van der Waals surface area contributed by atoms with Gasteiger partial charge in [0, 0.05) is 5.41 Å². The molecule has 0 aliphatic carbocycles. The molecule has 0 unspecified atom stereocenters. The smallest absolute Gasteiger partial charge is 0.303 e. The van der Waals surface area contributed by atoms with Crippen LogP contribution in [0.5, 0.6) is 0 Å². The largest absolute Gasteiger partial charge is 0.390 e. The van der Waals surface area contributed by atoms with Gasteiger partial charge in [0.05, 0.1) is 6.42 Å². The zero-order valence-corrected chi connectivity index (χ0v) is 7.88. The number of hydrogen-bond acceptors (Lipinski definition) is 2. The van der Waals surface area contributed by atoms with Crippen LogP contribution in [0.1, 0.15) is 19.3 Å². The molecule has 1 nitrogen and oxygen atoms in total. The predicted octanol–water partition coefficient (Wildman–Crippen LogP) is 2.65. The topological polar surface area (TPSA) is 17.1 Å². The zero-order chi connectivity index (χ0) is 9.95. The molecule has 0 N–H and O–H groups in total. The van der Waals surface area contributed by atoms with E-state index in [1.165, 1.54) is 0 Å². The summed E-state index contributed by atoms with van der Waals surface area (Å²) in [7, 11) is 0. The molecule has 5 heteroatoms. The molecule has 0 radical (unpaired) electrons. The summed E-state index contributed by atoms with van der Waals surface area (Å²) >= 11 is 1.61. The van der Waals surface area contributed by atoms with Gasteiger partial charge in [-0.05, 0) is 24.3 Å². The van der Waals surface area contributed by atoms with Crippen LogP contribution in [0, 0.1) is 5.41 Å². The van der Waals surface area contributed by atoms with Crippen molar-refractivity contribution in [2.75, 3.05) is 11.5 Å². The summed E-state index contributed by atoms with van der Waals surface area (Å²) in [5.74, 6) is 1.32. The Labute approximate surface area is 79.1 Å². The van der Waals surface area contributed by atoms with Crippen LogP contribution in [0.4, 0.5) is 13.2 Å². The number of alkyl halides is 3. The van der Waals surface area contributed by atoms with Gasteiger partial charge in [-0.3, -0.25) is 0 Å². The van der Waals surface area contributed by atoms with Gasteiger partial charge in [-0.25, -0.2) is 0 Å². The highest BCUT2D eigenvalue weighted by Gasteiger charge is 2.43. The minimum atomic E-state index is -4.22. The van der Waals surface area contributed by atoms with Crippen LogP contribution in [0.2, 0.25) is 0 Å². The van der Waals surface area contributed by atoms with E-state index in [-0.39, 0.29) is 0 Å². The van der Waals surface area contributed by atoms with Gasteiger partial charge in [0.15, 0.2) is 0 Å². The first kappa shape index (κ1) is 10.9. The lowest BCUT2D eigenvalue weighted by atomic mass is 9.80. The van der Waals surface area contributed by atoms with Crippen molar-refractivity contribution >= 4 is 18.0 Å². The first-order valence-corrected chi connectivity index (χ1v) is 5.24. The highest BCUT2D eigenvalue weighted by molar-refractivity contribution is 7.99. The van der Waals surface area contributed by atoms with Crippen molar-refractivity contribution in [3.05, 3.63) is 0 Å². The fourth-order valence-corrected chi connectivity index (χ4v) is 2.82. The molecule has 1 saturated heterocycles. The number of carbonyl (C=O) groups is 1. The maximum atomic E-state index is 12.1. The van der Waals surface area contributed by atoms with E-state index in [0.717, 1.165) is 0 Å². The summed E-state index contributed by atoms with van der Waals surface area (Å²) in [6.45, 7) is 0. The molecule has 0 aromatic carbocycles. The number of thioether (sulfide) groups is 1. The van der Waals surface area contributed by atoms with Crippen molar-refractivity contribution in [1.29, 1.82) is 0 Å². The van der Waals surface area contributed by atoms with E-state index in [2.05, 4.69) is 0 Å². The molecule has 1 heterocycles. The van der Waals surface area contributed by atoms with Crippen LogP contribution in [-0.4, -0.2) is 24.0 Å². The molecule has 0 bridgehead atoms. The molecule has 1 rings (SSSR count). The molecule has 0 saturated carbocycles. The Balaban J connectivity index is 2.63. The molecule has 0 amide bonds. The molecule has 0 aromatic heterocycles. The highest BCUT2D eigenvalue weighted by atomic mass is 32.2. The van der Waals surface area contributed by atoms with Crippen LogP contribution in [0.15, 0.2) is 0 Å². The summed E-state index contributed by atoms with van der Waals surface area (Å²) in [6, 6.07) is 0. The second-order valence-electron chi connectivity index (χ2n) is 3.38. The molecule has 13 heavy (non-hydrogen) atoms. The Morgan fingerprint density at radius 3 is 2.23 bits per heavy atom. The van der Waals surface area contributed by atoms with Crippen LogP contribution in [0.25, 0.3) is 0 Å². The predicted molar refractivity (Wildman–Crippen MR) is 45.7 cm³/mol. The molecular weight excluding hydrogens is 201 g/mol. The summed E-state index contributed by atoms with van der Waals surface area (Å²) in [4.78, 5) is 10.7. The van der Waals surface area contributed by atoms with E-state index in [0.29, 0.717) is 30.6 Å². The number of hydrogen-bond donors (Lipinski definition) is 0. The van der Waals surface area contributed by atoms with Crippen molar-refractivity contribution in [2.24, 2.45) is 5.41 Å². The highest BCUT2D eigenvalue weighted by Crippen LogP contribution is 2.41. The Morgan fingerprint density at radius 1 is 1.31 bits per heavy atom. The van der Waals surface area contributed by atoms with Crippen LogP contribution < -0.4 is 0 Å². The third-order valence-corrected chi connectivity index (χ3v) is 3.28. The second-order valence-corrected chi connectivity index (χ2v) is 4.61. The van der Waals surface area contributed by atoms with Gasteiger partial charge in [0.2, 0.25) is 0 Å². The molecule has 0 aromatic rings. The quantitative estimate of drug-likeness (QED) is 0.654. The van der Waals surface area contributed by atoms with E-state index in [1.807, 2.05) is 0 Å².